The Labute approximate surface area is 97.8 Å². The van der Waals surface area contributed by atoms with Crippen molar-refractivity contribution in [3.63, 3.8) is 0 Å². The number of amides is 1. The Bertz CT molecular complexity index is 195. The molecule has 0 aliphatic heterocycles. The second-order valence-corrected chi connectivity index (χ2v) is 4.29. The highest BCUT2D eigenvalue weighted by Crippen LogP contribution is 2.03. The third-order valence-corrected chi connectivity index (χ3v) is 2.33. The van der Waals surface area contributed by atoms with Crippen LogP contribution in [0.1, 0.15) is 51.9 Å². The molecule has 0 saturated heterocycles. The van der Waals surface area contributed by atoms with Gasteiger partial charge in [0.1, 0.15) is 0 Å². The third kappa shape index (κ3) is 11.3. The van der Waals surface area contributed by atoms with Gasteiger partial charge >= 0.3 is 0 Å². The van der Waals surface area contributed by atoms with Crippen LogP contribution in [0.3, 0.4) is 0 Å². The summed E-state index contributed by atoms with van der Waals surface area (Å²) in [5.41, 5.74) is 5.25. The summed E-state index contributed by atoms with van der Waals surface area (Å²) in [6, 6.07) is 0. The monoisotopic (exact) mass is 230 g/mol. The summed E-state index contributed by atoms with van der Waals surface area (Å²) in [4.78, 5) is 11.4. The lowest BCUT2D eigenvalue weighted by atomic mass is 10.1. The van der Waals surface area contributed by atoms with Crippen LogP contribution in [0.5, 0.6) is 0 Å². The van der Waals surface area contributed by atoms with Crippen LogP contribution in [-0.2, 0) is 4.79 Å². The number of hydrogen-bond donors (Lipinski definition) is 2. The van der Waals surface area contributed by atoms with E-state index < -0.39 is 0 Å². The van der Waals surface area contributed by atoms with Crippen molar-refractivity contribution in [1.29, 1.82) is 0 Å². The Hall–Kier alpha value is -0.640. The average Bonchev–Trinajstić information content (AvgIpc) is 2.15. The number of hydrogen-bond acceptors (Lipinski definition) is 2. The molecule has 0 aromatic rings. The summed E-state index contributed by atoms with van der Waals surface area (Å²) in [5.74, 6) is -0.0592. The fourth-order valence-electron chi connectivity index (χ4n) is 1.35. The first-order chi connectivity index (χ1) is 7.16. The molecule has 0 heterocycles. The van der Waals surface area contributed by atoms with Gasteiger partial charge in [0.15, 0.2) is 0 Å². The largest absolute Gasteiger partial charge is 0.393 e. The van der Waals surface area contributed by atoms with Gasteiger partial charge in [0, 0.05) is 6.54 Å². The van der Waals surface area contributed by atoms with Crippen molar-refractivity contribution in [2.75, 3.05) is 6.54 Å². The highest BCUT2D eigenvalue weighted by molar-refractivity contribution is 7.80. The quantitative estimate of drug-likeness (QED) is 0.471. The predicted octanol–water partition coefficient (Wildman–Crippen LogP) is 2.14. The molecule has 4 heteroatoms. The third-order valence-electron chi connectivity index (χ3n) is 2.19. The Morgan fingerprint density at radius 2 is 1.80 bits per heavy atom. The first-order valence-electron chi connectivity index (χ1n) is 5.71. The molecular formula is C11H22N2OS. The van der Waals surface area contributed by atoms with Crippen molar-refractivity contribution in [3.05, 3.63) is 0 Å². The number of nitrogens with one attached hydrogen (secondary N) is 1. The van der Waals surface area contributed by atoms with Crippen LogP contribution >= 0.6 is 12.2 Å². The standard InChI is InChI=1S/C11H22N2OS/c1-2-3-4-5-6-7-8-13-11(14)9-10(12)15/h2-9H2,1H3,(H2,12,15)(H,13,14). The molecule has 3 nitrogen and oxygen atoms in total. The van der Waals surface area contributed by atoms with E-state index in [1.165, 1.54) is 32.1 Å². The molecule has 0 aromatic carbocycles. The van der Waals surface area contributed by atoms with E-state index in [0.29, 0.717) is 0 Å². The zero-order chi connectivity index (χ0) is 11.5. The first-order valence-corrected chi connectivity index (χ1v) is 6.12. The Kier molecular flexibility index (Phi) is 9.48. The molecule has 0 bridgehead atoms. The minimum absolute atomic E-state index is 0.0592. The van der Waals surface area contributed by atoms with E-state index in [9.17, 15) is 4.79 Å². The number of carbonyl (C=O) groups excluding carboxylic acids is 1. The maximum absolute atomic E-state index is 11.1. The fraction of sp³-hybridized carbons (Fsp3) is 0.818. The number of unbranched alkanes of at least 4 members (excludes halogenated alkanes) is 5. The smallest absolute Gasteiger partial charge is 0.226 e. The van der Waals surface area contributed by atoms with E-state index >= 15 is 0 Å². The average molecular weight is 230 g/mol. The SMILES string of the molecule is CCCCCCCCNC(=O)CC(N)=S. The molecule has 0 aliphatic carbocycles. The van der Waals surface area contributed by atoms with Crippen LogP contribution < -0.4 is 11.1 Å². The van der Waals surface area contributed by atoms with E-state index in [1.807, 2.05) is 0 Å². The lowest BCUT2D eigenvalue weighted by Gasteiger charge is -2.04. The van der Waals surface area contributed by atoms with Gasteiger partial charge < -0.3 is 11.1 Å². The molecule has 1 amide bonds. The van der Waals surface area contributed by atoms with Crippen LogP contribution in [0, 0.1) is 0 Å². The molecule has 15 heavy (non-hydrogen) atoms. The lowest BCUT2D eigenvalue weighted by Crippen LogP contribution is -2.28. The van der Waals surface area contributed by atoms with Gasteiger partial charge in [-0.25, -0.2) is 0 Å². The maximum atomic E-state index is 11.1. The first kappa shape index (κ1) is 14.4. The Morgan fingerprint density at radius 3 is 2.40 bits per heavy atom. The zero-order valence-corrected chi connectivity index (χ0v) is 10.4. The highest BCUT2D eigenvalue weighted by Gasteiger charge is 2.01. The van der Waals surface area contributed by atoms with E-state index in [0.717, 1.165) is 13.0 Å². The number of rotatable bonds is 9. The maximum Gasteiger partial charge on any atom is 0.226 e. The van der Waals surface area contributed by atoms with Crippen molar-refractivity contribution in [2.45, 2.75) is 51.9 Å². The number of thiocarbonyl (C=S) groups is 1. The van der Waals surface area contributed by atoms with Gasteiger partial charge in [0.2, 0.25) is 5.91 Å². The van der Waals surface area contributed by atoms with Crippen LogP contribution in [0.15, 0.2) is 0 Å². The van der Waals surface area contributed by atoms with Gasteiger partial charge in [-0.05, 0) is 6.42 Å². The topological polar surface area (TPSA) is 55.1 Å². The van der Waals surface area contributed by atoms with Gasteiger partial charge in [-0.3, -0.25) is 4.79 Å². The van der Waals surface area contributed by atoms with Crippen LogP contribution in [0.25, 0.3) is 0 Å². The second kappa shape index (κ2) is 9.90. The number of carbonyl (C=O) groups is 1. The summed E-state index contributed by atoms with van der Waals surface area (Å²) in [5, 5.41) is 2.80. The van der Waals surface area contributed by atoms with Crippen LogP contribution in [0.4, 0.5) is 0 Å². The summed E-state index contributed by atoms with van der Waals surface area (Å²) in [7, 11) is 0. The minimum atomic E-state index is -0.0592. The van der Waals surface area contributed by atoms with Crippen LogP contribution in [-0.4, -0.2) is 17.4 Å². The molecule has 0 unspecified atom stereocenters. The molecule has 3 N–H and O–H groups in total. The van der Waals surface area contributed by atoms with Crippen LogP contribution in [0.2, 0.25) is 0 Å². The minimum Gasteiger partial charge on any atom is -0.393 e. The predicted molar refractivity (Wildman–Crippen MR) is 67.8 cm³/mol. The molecule has 0 radical (unpaired) electrons. The van der Waals surface area contributed by atoms with Gasteiger partial charge in [-0.2, -0.15) is 0 Å². The van der Waals surface area contributed by atoms with Gasteiger partial charge in [0.05, 0.1) is 11.4 Å². The van der Waals surface area contributed by atoms with Crippen molar-refractivity contribution >= 4 is 23.1 Å². The zero-order valence-electron chi connectivity index (χ0n) is 9.55. The summed E-state index contributed by atoms with van der Waals surface area (Å²) >= 11 is 4.64. The van der Waals surface area contributed by atoms with Crippen molar-refractivity contribution < 1.29 is 4.79 Å². The fourth-order valence-corrected chi connectivity index (χ4v) is 1.48. The van der Waals surface area contributed by atoms with Crippen molar-refractivity contribution in [1.82, 2.24) is 5.32 Å². The Balaban J connectivity index is 3.16. The highest BCUT2D eigenvalue weighted by atomic mass is 32.1. The van der Waals surface area contributed by atoms with Gasteiger partial charge in [-0.15, -0.1) is 0 Å². The van der Waals surface area contributed by atoms with Gasteiger partial charge in [-0.1, -0.05) is 51.2 Å². The molecule has 0 rings (SSSR count). The second-order valence-electron chi connectivity index (χ2n) is 3.76. The van der Waals surface area contributed by atoms with E-state index in [4.69, 9.17) is 5.73 Å². The lowest BCUT2D eigenvalue weighted by molar-refractivity contribution is -0.119. The van der Waals surface area contributed by atoms with Gasteiger partial charge in [0.25, 0.3) is 0 Å². The van der Waals surface area contributed by atoms with E-state index in [-0.39, 0.29) is 17.3 Å². The summed E-state index contributed by atoms with van der Waals surface area (Å²) in [6.45, 7) is 2.95. The molecule has 0 atom stereocenters. The molecule has 0 saturated carbocycles. The number of nitrogens with two attached hydrogens (primary N) is 1. The molecule has 0 aromatic heterocycles. The summed E-state index contributed by atoms with van der Waals surface area (Å²) in [6.07, 6.45) is 7.56. The Morgan fingerprint density at radius 1 is 1.20 bits per heavy atom. The van der Waals surface area contributed by atoms with Crippen molar-refractivity contribution in [2.24, 2.45) is 5.73 Å². The molecule has 0 fully saturated rings. The molecule has 0 aliphatic rings. The molecular weight excluding hydrogens is 208 g/mol. The van der Waals surface area contributed by atoms with E-state index in [2.05, 4.69) is 24.5 Å². The normalized spacial score (nSPS) is 9.93. The summed E-state index contributed by atoms with van der Waals surface area (Å²) < 4.78 is 0. The van der Waals surface area contributed by atoms with E-state index in [1.54, 1.807) is 0 Å². The molecule has 0 spiro atoms. The van der Waals surface area contributed by atoms with Crippen molar-refractivity contribution in [3.8, 4) is 0 Å². The molecule has 88 valence electrons.